The van der Waals surface area contributed by atoms with Gasteiger partial charge in [-0.3, -0.25) is 9.69 Å². The minimum atomic E-state index is -0.623. The zero-order chi connectivity index (χ0) is 15.6. The number of piperidine rings is 1. The second-order valence-corrected chi connectivity index (χ2v) is 7.35. The Bertz CT molecular complexity index is 398. The summed E-state index contributed by atoms with van der Waals surface area (Å²) >= 11 is 0. The molecule has 2 heterocycles. The molecule has 2 rings (SSSR count). The fourth-order valence-corrected chi connectivity index (χ4v) is 3.24. The molecule has 3 amide bonds. The Hall–Kier alpha value is -1.10. The molecule has 0 bridgehead atoms. The second kappa shape index (κ2) is 6.34. The second-order valence-electron chi connectivity index (χ2n) is 7.35. The topological polar surface area (TPSA) is 52.7 Å². The molecule has 1 spiro atoms. The Kier molecular flexibility index (Phi) is 4.91. The molecule has 0 saturated carbocycles. The van der Waals surface area contributed by atoms with Crippen LogP contribution in [0.5, 0.6) is 0 Å². The Morgan fingerprint density at radius 2 is 1.71 bits per heavy atom. The predicted molar refractivity (Wildman–Crippen MR) is 82.9 cm³/mol. The van der Waals surface area contributed by atoms with Gasteiger partial charge in [-0.05, 0) is 31.1 Å². The number of hydrogen-bond donors (Lipinski definition) is 1. The van der Waals surface area contributed by atoms with Gasteiger partial charge >= 0.3 is 6.03 Å². The Labute approximate surface area is 128 Å². The summed E-state index contributed by atoms with van der Waals surface area (Å²) in [7, 11) is 0. The van der Waals surface area contributed by atoms with Gasteiger partial charge < -0.3 is 10.2 Å². The molecule has 0 aromatic carbocycles. The lowest BCUT2D eigenvalue weighted by molar-refractivity contribution is -0.133. The van der Waals surface area contributed by atoms with Crippen LogP contribution >= 0.6 is 0 Å². The van der Waals surface area contributed by atoms with Crippen molar-refractivity contribution < 1.29 is 9.59 Å². The Morgan fingerprint density at radius 1 is 1.10 bits per heavy atom. The first-order chi connectivity index (χ1) is 9.84. The monoisotopic (exact) mass is 295 g/mol. The van der Waals surface area contributed by atoms with Crippen LogP contribution in [-0.4, -0.2) is 53.5 Å². The molecule has 5 heteroatoms. The van der Waals surface area contributed by atoms with E-state index in [1.165, 1.54) is 4.90 Å². The van der Waals surface area contributed by atoms with Crippen LogP contribution in [0.2, 0.25) is 0 Å². The minimum Gasteiger partial charge on any atom is -0.323 e. The van der Waals surface area contributed by atoms with Crippen LogP contribution in [0, 0.1) is 11.8 Å². The van der Waals surface area contributed by atoms with E-state index >= 15 is 0 Å². The maximum Gasteiger partial charge on any atom is 0.325 e. The van der Waals surface area contributed by atoms with Crippen molar-refractivity contribution in [2.24, 2.45) is 11.8 Å². The molecule has 0 aliphatic carbocycles. The van der Waals surface area contributed by atoms with Crippen molar-refractivity contribution in [1.29, 1.82) is 0 Å². The maximum absolute atomic E-state index is 12.7. The van der Waals surface area contributed by atoms with E-state index in [0.29, 0.717) is 18.4 Å². The standard InChI is InChI=1S/C16H29N3O2/c1-12(2)5-8-19-14(20)16(17-15(19)21)6-9-18(10-7-16)11-13(3)4/h12-13H,5-11H2,1-4H3,(H,17,21). The van der Waals surface area contributed by atoms with E-state index in [9.17, 15) is 9.59 Å². The van der Waals surface area contributed by atoms with Gasteiger partial charge in [0.05, 0.1) is 0 Å². The molecule has 1 N–H and O–H groups in total. The highest BCUT2D eigenvalue weighted by molar-refractivity contribution is 6.07. The molecule has 2 aliphatic heterocycles. The molecule has 2 aliphatic rings. The van der Waals surface area contributed by atoms with Crippen LogP contribution in [0.15, 0.2) is 0 Å². The summed E-state index contributed by atoms with van der Waals surface area (Å²) in [5.41, 5.74) is -0.623. The lowest BCUT2D eigenvalue weighted by atomic mass is 9.87. The van der Waals surface area contributed by atoms with Crippen molar-refractivity contribution in [2.75, 3.05) is 26.2 Å². The number of urea groups is 1. The van der Waals surface area contributed by atoms with Gasteiger partial charge in [-0.15, -0.1) is 0 Å². The average Bonchev–Trinajstić information content (AvgIpc) is 2.62. The number of carbonyl (C=O) groups excluding carboxylic acids is 2. The highest BCUT2D eigenvalue weighted by Crippen LogP contribution is 2.30. The van der Waals surface area contributed by atoms with E-state index in [4.69, 9.17) is 0 Å². The number of rotatable bonds is 5. The van der Waals surface area contributed by atoms with Gasteiger partial charge in [0.15, 0.2) is 0 Å². The van der Waals surface area contributed by atoms with E-state index < -0.39 is 5.54 Å². The van der Waals surface area contributed by atoms with E-state index in [1.54, 1.807) is 0 Å². The zero-order valence-corrected chi connectivity index (χ0v) is 13.8. The van der Waals surface area contributed by atoms with Crippen LogP contribution in [0.3, 0.4) is 0 Å². The van der Waals surface area contributed by atoms with E-state index in [-0.39, 0.29) is 11.9 Å². The van der Waals surface area contributed by atoms with Crippen molar-refractivity contribution in [3.63, 3.8) is 0 Å². The lowest BCUT2D eigenvalue weighted by Crippen LogP contribution is -2.55. The summed E-state index contributed by atoms with van der Waals surface area (Å²) in [4.78, 5) is 28.6. The molecule has 0 radical (unpaired) electrons. The number of carbonyl (C=O) groups is 2. The fourth-order valence-electron chi connectivity index (χ4n) is 3.24. The maximum atomic E-state index is 12.7. The lowest BCUT2D eigenvalue weighted by Gasteiger charge is -2.38. The number of nitrogens with zero attached hydrogens (tertiary/aromatic N) is 2. The zero-order valence-electron chi connectivity index (χ0n) is 13.8. The molecule has 21 heavy (non-hydrogen) atoms. The van der Waals surface area contributed by atoms with Crippen molar-refractivity contribution in [3.8, 4) is 0 Å². The quantitative estimate of drug-likeness (QED) is 0.790. The van der Waals surface area contributed by atoms with Gasteiger partial charge in [0, 0.05) is 26.2 Å². The summed E-state index contributed by atoms with van der Waals surface area (Å²) in [6, 6.07) is -0.196. The molecule has 2 fully saturated rings. The summed E-state index contributed by atoms with van der Waals surface area (Å²) in [6.45, 7) is 12.0. The van der Waals surface area contributed by atoms with E-state index in [0.717, 1.165) is 38.9 Å². The summed E-state index contributed by atoms with van der Waals surface area (Å²) in [5, 5.41) is 2.98. The van der Waals surface area contributed by atoms with E-state index in [2.05, 4.69) is 37.9 Å². The first-order valence-electron chi connectivity index (χ1n) is 8.20. The number of nitrogens with one attached hydrogen (secondary N) is 1. The summed E-state index contributed by atoms with van der Waals surface area (Å²) in [6.07, 6.45) is 2.35. The number of hydrogen-bond acceptors (Lipinski definition) is 3. The molecule has 0 aromatic heterocycles. The Morgan fingerprint density at radius 3 is 2.24 bits per heavy atom. The SMILES string of the molecule is CC(C)CCN1C(=O)NC2(CCN(CC(C)C)CC2)C1=O. The van der Waals surface area contributed by atoms with Crippen molar-refractivity contribution >= 4 is 11.9 Å². The first kappa shape index (κ1) is 16.3. The van der Waals surface area contributed by atoms with Crippen LogP contribution in [0.25, 0.3) is 0 Å². The van der Waals surface area contributed by atoms with Crippen molar-refractivity contribution in [3.05, 3.63) is 0 Å². The molecule has 2 saturated heterocycles. The van der Waals surface area contributed by atoms with Gasteiger partial charge in [0.25, 0.3) is 5.91 Å². The van der Waals surface area contributed by atoms with Crippen LogP contribution < -0.4 is 5.32 Å². The van der Waals surface area contributed by atoms with E-state index in [1.807, 2.05) is 0 Å². The minimum absolute atomic E-state index is 0.00246. The molecular formula is C16H29N3O2. The van der Waals surface area contributed by atoms with Crippen LogP contribution in [-0.2, 0) is 4.79 Å². The van der Waals surface area contributed by atoms with Gasteiger partial charge in [-0.2, -0.15) is 0 Å². The van der Waals surface area contributed by atoms with Gasteiger partial charge in [0.2, 0.25) is 0 Å². The van der Waals surface area contributed by atoms with Crippen LogP contribution in [0.1, 0.15) is 47.0 Å². The molecule has 0 atom stereocenters. The highest BCUT2D eigenvalue weighted by atomic mass is 16.2. The molecule has 120 valence electrons. The third kappa shape index (κ3) is 3.57. The normalized spacial score (nSPS) is 22.7. The van der Waals surface area contributed by atoms with Gasteiger partial charge in [0.1, 0.15) is 5.54 Å². The number of likely N-dealkylation sites (tertiary alicyclic amines) is 1. The summed E-state index contributed by atoms with van der Waals surface area (Å²) in [5.74, 6) is 1.13. The van der Waals surface area contributed by atoms with Crippen LogP contribution in [0.4, 0.5) is 4.79 Å². The highest BCUT2D eigenvalue weighted by Gasteiger charge is 2.51. The summed E-state index contributed by atoms with van der Waals surface area (Å²) < 4.78 is 0. The van der Waals surface area contributed by atoms with Crippen molar-refractivity contribution in [2.45, 2.75) is 52.5 Å². The number of imide groups is 1. The molecular weight excluding hydrogens is 266 g/mol. The fraction of sp³-hybridized carbons (Fsp3) is 0.875. The molecule has 5 nitrogen and oxygen atoms in total. The predicted octanol–water partition coefficient (Wildman–Crippen LogP) is 2.07. The molecule has 0 unspecified atom stereocenters. The third-order valence-corrected chi connectivity index (χ3v) is 4.51. The molecule has 0 aromatic rings. The van der Waals surface area contributed by atoms with Gasteiger partial charge in [-0.1, -0.05) is 27.7 Å². The average molecular weight is 295 g/mol. The van der Waals surface area contributed by atoms with Crippen molar-refractivity contribution in [1.82, 2.24) is 15.1 Å². The Balaban J connectivity index is 1.96. The number of amides is 3. The first-order valence-corrected chi connectivity index (χ1v) is 8.20. The largest absolute Gasteiger partial charge is 0.325 e. The smallest absolute Gasteiger partial charge is 0.323 e. The van der Waals surface area contributed by atoms with Gasteiger partial charge in [-0.25, -0.2) is 4.79 Å². The third-order valence-electron chi connectivity index (χ3n) is 4.51.